The van der Waals surface area contributed by atoms with Crippen molar-refractivity contribution in [2.75, 3.05) is 6.54 Å². The lowest BCUT2D eigenvalue weighted by Crippen LogP contribution is -2.29. The summed E-state index contributed by atoms with van der Waals surface area (Å²) in [4.78, 5) is 30.4. The molecule has 22 heavy (non-hydrogen) atoms. The molecule has 2 aromatic heterocycles. The second-order valence-corrected chi connectivity index (χ2v) is 4.93. The number of rotatable bonds is 5. The van der Waals surface area contributed by atoms with Crippen molar-refractivity contribution in [2.45, 2.75) is 27.3 Å². The van der Waals surface area contributed by atoms with E-state index in [1.54, 1.807) is 0 Å². The molecule has 2 heterocycles. The number of carbonyl (C=O) groups excluding carboxylic acids is 2. The van der Waals surface area contributed by atoms with E-state index in [2.05, 4.69) is 20.4 Å². The van der Waals surface area contributed by atoms with Gasteiger partial charge in [-0.05, 0) is 26.3 Å². The molecule has 0 spiro atoms. The van der Waals surface area contributed by atoms with Gasteiger partial charge in [-0.15, -0.1) is 0 Å². The summed E-state index contributed by atoms with van der Waals surface area (Å²) in [6.07, 6.45) is 2.41. The Balaban J connectivity index is 1.92. The van der Waals surface area contributed by atoms with Crippen molar-refractivity contribution in [1.29, 1.82) is 0 Å². The van der Waals surface area contributed by atoms with Crippen molar-refractivity contribution in [3.05, 3.63) is 40.7 Å². The van der Waals surface area contributed by atoms with Crippen LogP contribution in [0.15, 0.2) is 12.4 Å². The van der Waals surface area contributed by atoms with Gasteiger partial charge in [-0.3, -0.25) is 14.3 Å². The van der Waals surface area contributed by atoms with Crippen LogP contribution in [0.2, 0.25) is 0 Å². The number of nitrogens with two attached hydrogens (primary N) is 1. The lowest BCUT2D eigenvalue weighted by atomic mass is 10.2. The smallest absolute Gasteiger partial charge is 0.271 e. The Hall–Kier alpha value is -2.77. The number of aromatic nitrogens is 4. The van der Waals surface area contributed by atoms with Crippen molar-refractivity contribution in [3.8, 4) is 0 Å². The van der Waals surface area contributed by atoms with Gasteiger partial charge in [0.15, 0.2) is 0 Å². The van der Waals surface area contributed by atoms with Crippen molar-refractivity contribution >= 4 is 11.8 Å². The van der Waals surface area contributed by atoms with Gasteiger partial charge < -0.3 is 11.1 Å². The molecule has 0 unspecified atom stereocenters. The highest BCUT2D eigenvalue weighted by molar-refractivity contribution is 5.93. The maximum atomic E-state index is 11.9. The van der Waals surface area contributed by atoms with Crippen molar-refractivity contribution in [3.63, 3.8) is 0 Å². The van der Waals surface area contributed by atoms with E-state index in [4.69, 9.17) is 5.73 Å². The van der Waals surface area contributed by atoms with Crippen LogP contribution in [-0.2, 0) is 6.54 Å². The fraction of sp³-hybridized carbons (Fsp3) is 0.357. The monoisotopic (exact) mass is 302 g/mol. The van der Waals surface area contributed by atoms with E-state index in [0.717, 1.165) is 17.0 Å². The average Bonchev–Trinajstić information content (AvgIpc) is 2.74. The number of hydrogen-bond acceptors (Lipinski definition) is 5. The van der Waals surface area contributed by atoms with Gasteiger partial charge in [0.05, 0.1) is 24.6 Å². The van der Waals surface area contributed by atoms with E-state index < -0.39 is 5.91 Å². The van der Waals surface area contributed by atoms with Gasteiger partial charge in [-0.2, -0.15) is 5.10 Å². The highest BCUT2D eigenvalue weighted by Gasteiger charge is 2.11. The molecule has 0 aliphatic rings. The molecule has 2 rings (SSSR count). The van der Waals surface area contributed by atoms with Gasteiger partial charge in [0, 0.05) is 12.2 Å². The van der Waals surface area contributed by atoms with Gasteiger partial charge in [0.25, 0.3) is 11.8 Å². The molecule has 0 aliphatic carbocycles. The van der Waals surface area contributed by atoms with E-state index in [1.807, 2.05) is 25.5 Å². The minimum absolute atomic E-state index is 0.0228. The summed E-state index contributed by atoms with van der Waals surface area (Å²) in [5.74, 6) is -1.04. The second kappa shape index (κ2) is 6.33. The molecule has 2 amide bonds. The SMILES string of the molecule is Cc1nn(CCNC(=O)c2cnc(C(N)=O)cn2)c(C)c1C. The zero-order valence-electron chi connectivity index (χ0n) is 12.8. The van der Waals surface area contributed by atoms with Gasteiger partial charge in [-0.1, -0.05) is 0 Å². The van der Waals surface area contributed by atoms with Gasteiger partial charge in [0.1, 0.15) is 11.4 Å². The summed E-state index contributed by atoms with van der Waals surface area (Å²) < 4.78 is 1.85. The Morgan fingerprint density at radius 3 is 2.32 bits per heavy atom. The molecule has 116 valence electrons. The first-order chi connectivity index (χ1) is 10.4. The predicted octanol–water partition coefficient (Wildman–Crippen LogP) is 0.127. The van der Waals surface area contributed by atoms with Crippen molar-refractivity contribution in [1.82, 2.24) is 25.1 Å². The summed E-state index contributed by atoms with van der Waals surface area (Å²) in [7, 11) is 0. The minimum atomic E-state index is -0.681. The summed E-state index contributed by atoms with van der Waals surface area (Å²) in [6.45, 7) is 6.94. The minimum Gasteiger partial charge on any atom is -0.364 e. The molecule has 0 bridgehead atoms. The third-order valence-corrected chi connectivity index (χ3v) is 3.49. The van der Waals surface area contributed by atoms with E-state index in [1.165, 1.54) is 12.4 Å². The van der Waals surface area contributed by atoms with Crippen LogP contribution >= 0.6 is 0 Å². The highest BCUT2D eigenvalue weighted by atomic mass is 16.2. The third-order valence-electron chi connectivity index (χ3n) is 3.49. The summed E-state index contributed by atoms with van der Waals surface area (Å²) >= 11 is 0. The normalized spacial score (nSPS) is 10.5. The Bertz CT molecular complexity index is 705. The fourth-order valence-electron chi connectivity index (χ4n) is 1.94. The van der Waals surface area contributed by atoms with Crippen LogP contribution in [0.1, 0.15) is 37.9 Å². The van der Waals surface area contributed by atoms with E-state index in [-0.39, 0.29) is 17.3 Å². The number of nitrogens with zero attached hydrogens (tertiary/aromatic N) is 4. The van der Waals surface area contributed by atoms with Crippen LogP contribution in [0, 0.1) is 20.8 Å². The number of primary amides is 1. The maximum Gasteiger partial charge on any atom is 0.271 e. The molecule has 8 nitrogen and oxygen atoms in total. The number of hydrogen-bond donors (Lipinski definition) is 2. The number of carbonyl (C=O) groups is 2. The molecule has 0 aromatic carbocycles. The van der Waals surface area contributed by atoms with E-state index in [9.17, 15) is 9.59 Å². The lowest BCUT2D eigenvalue weighted by molar-refractivity contribution is 0.0942. The van der Waals surface area contributed by atoms with Gasteiger partial charge in [-0.25, -0.2) is 9.97 Å². The van der Waals surface area contributed by atoms with Gasteiger partial charge in [0.2, 0.25) is 0 Å². The molecular weight excluding hydrogens is 284 g/mol. The Labute approximate surface area is 127 Å². The molecule has 3 N–H and O–H groups in total. The van der Waals surface area contributed by atoms with E-state index in [0.29, 0.717) is 13.1 Å². The molecule has 2 aromatic rings. The fourth-order valence-corrected chi connectivity index (χ4v) is 1.94. The maximum absolute atomic E-state index is 11.9. The zero-order valence-corrected chi connectivity index (χ0v) is 12.8. The van der Waals surface area contributed by atoms with Crippen molar-refractivity contribution in [2.24, 2.45) is 5.73 Å². The van der Waals surface area contributed by atoms with Crippen LogP contribution in [-0.4, -0.2) is 38.1 Å². The van der Waals surface area contributed by atoms with Crippen LogP contribution < -0.4 is 11.1 Å². The first-order valence-corrected chi connectivity index (χ1v) is 6.80. The first kappa shape index (κ1) is 15.6. The Kier molecular flexibility index (Phi) is 4.50. The molecule has 0 aliphatic heterocycles. The number of amides is 2. The molecule has 0 fully saturated rings. The van der Waals surface area contributed by atoms with E-state index >= 15 is 0 Å². The van der Waals surface area contributed by atoms with Crippen LogP contribution in [0.25, 0.3) is 0 Å². The van der Waals surface area contributed by atoms with Gasteiger partial charge >= 0.3 is 0 Å². The van der Waals surface area contributed by atoms with Crippen molar-refractivity contribution < 1.29 is 9.59 Å². The third kappa shape index (κ3) is 3.27. The topological polar surface area (TPSA) is 116 Å². The molecule has 0 saturated carbocycles. The largest absolute Gasteiger partial charge is 0.364 e. The molecule has 0 radical (unpaired) electrons. The highest BCUT2D eigenvalue weighted by Crippen LogP contribution is 2.10. The second-order valence-electron chi connectivity index (χ2n) is 4.93. The average molecular weight is 302 g/mol. The molecule has 8 heteroatoms. The van der Waals surface area contributed by atoms with Crippen LogP contribution in [0.3, 0.4) is 0 Å². The Morgan fingerprint density at radius 2 is 1.82 bits per heavy atom. The molecular formula is C14H18N6O2. The standard InChI is InChI=1S/C14H18N6O2/c1-8-9(2)19-20(10(8)3)5-4-16-14(22)12-7-17-11(6-18-12)13(15)21/h6-7H,4-5H2,1-3H3,(H2,15,21)(H,16,22). The van der Waals surface area contributed by atoms with Crippen LogP contribution in [0.5, 0.6) is 0 Å². The van der Waals surface area contributed by atoms with Crippen LogP contribution in [0.4, 0.5) is 0 Å². The number of nitrogens with one attached hydrogen (secondary N) is 1. The predicted molar refractivity (Wildman–Crippen MR) is 79.3 cm³/mol. The zero-order chi connectivity index (χ0) is 16.3. The number of aryl methyl sites for hydroxylation is 1. The quantitative estimate of drug-likeness (QED) is 0.814. The summed E-state index contributed by atoms with van der Waals surface area (Å²) in [5, 5.41) is 7.13. The summed E-state index contributed by atoms with van der Waals surface area (Å²) in [6, 6.07) is 0. The first-order valence-electron chi connectivity index (χ1n) is 6.80. The molecule has 0 saturated heterocycles. The summed E-state index contributed by atoms with van der Waals surface area (Å²) in [5.41, 5.74) is 8.43. The Morgan fingerprint density at radius 1 is 1.18 bits per heavy atom. The lowest BCUT2D eigenvalue weighted by Gasteiger charge is -2.07. The molecule has 0 atom stereocenters.